The van der Waals surface area contributed by atoms with Crippen molar-refractivity contribution in [2.75, 3.05) is 13.6 Å². The van der Waals surface area contributed by atoms with Crippen molar-refractivity contribution in [1.29, 1.82) is 0 Å². The van der Waals surface area contributed by atoms with Crippen LogP contribution in [0.4, 0.5) is 0 Å². The third-order valence-corrected chi connectivity index (χ3v) is 4.59. The van der Waals surface area contributed by atoms with Crippen molar-refractivity contribution in [2.24, 2.45) is 4.99 Å². The molecule has 1 aliphatic rings. The highest BCUT2D eigenvalue weighted by atomic mass is 16.5. The number of guanidine groups is 1. The Morgan fingerprint density at radius 2 is 2.00 bits per heavy atom. The molecule has 0 radical (unpaired) electrons. The first-order valence-corrected chi connectivity index (χ1v) is 9.69. The van der Waals surface area contributed by atoms with Crippen LogP contribution in [0, 0.1) is 0 Å². The first-order chi connectivity index (χ1) is 13.0. The van der Waals surface area contributed by atoms with Gasteiger partial charge in [0.25, 0.3) is 0 Å². The van der Waals surface area contributed by atoms with Crippen LogP contribution < -0.4 is 10.6 Å². The Balaban J connectivity index is 1.48. The van der Waals surface area contributed by atoms with Crippen LogP contribution in [0.2, 0.25) is 0 Å². The molecule has 0 bridgehead atoms. The molecule has 1 aliphatic heterocycles. The number of hydrogen-bond donors (Lipinski definition) is 2. The monoisotopic (exact) mass is 374 g/mol. The molecule has 3 heterocycles. The predicted octanol–water partition coefficient (Wildman–Crippen LogP) is 1.63. The third kappa shape index (κ3) is 4.84. The molecule has 3 rings (SSSR count). The standard InChI is InChI=1S/C18H30N8O/c1-11(2)16-22-14-7-6-13(10-26(14)24-16)21-18(19-5)20-9-8-15-23-17(12(3)4)25-27-15/h11-13H,6-10H2,1-5H3,(H2,19,20,21). The molecule has 9 heteroatoms. The zero-order valence-corrected chi connectivity index (χ0v) is 16.9. The minimum atomic E-state index is 0.272. The molecule has 0 aliphatic carbocycles. The summed E-state index contributed by atoms with van der Waals surface area (Å²) >= 11 is 0. The summed E-state index contributed by atoms with van der Waals surface area (Å²) in [6.45, 7) is 9.82. The highest BCUT2D eigenvalue weighted by Crippen LogP contribution is 2.17. The number of hydrogen-bond acceptors (Lipinski definition) is 6. The highest BCUT2D eigenvalue weighted by Gasteiger charge is 2.23. The number of nitrogens with zero attached hydrogens (tertiary/aromatic N) is 6. The maximum atomic E-state index is 5.27. The van der Waals surface area contributed by atoms with Gasteiger partial charge in [-0.05, 0) is 6.42 Å². The van der Waals surface area contributed by atoms with Crippen LogP contribution in [-0.2, 0) is 19.4 Å². The molecule has 0 spiro atoms. The number of rotatable bonds is 6. The molecule has 0 aromatic carbocycles. The number of fused-ring (bicyclic) bond motifs is 1. The van der Waals surface area contributed by atoms with Gasteiger partial charge in [-0.1, -0.05) is 32.9 Å². The number of aryl methyl sites for hydroxylation is 1. The van der Waals surface area contributed by atoms with Gasteiger partial charge in [0.2, 0.25) is 5.89 Å². The molecule has 0 saturated carbocycles. The number of nitrogens with one attached hydrogen (secondary N) is 2. The maximum absolute atomic E-state index is 5.27. The van der Waals surface area contributed by atoms with E-state index in [0.29, 0.717) is 24.8 Å². The molecule has 1 atom stereocenters. The largest absolute Gasteiger partial charge is 0.356 e. The van der Waals surface area contributed by atoms with Gasteiger partial charge in [-0.15, -0.1) is 0 Å². The van der Waals surface area contributed by atoms with E-state index in [1.54, 1.807) is 7.05 Å². The lowest BCUT2D eigenvalue weighted by Crippen LogP contribution is -2.47. The van der Waals surface area contributed by atoms with Crippen molar-refractivity contribution in [3.05, 3.63) is 23.4 Å². The summed E-state index contributed by atoms with van der Waals surface area (Å²) < 4.78 is 7.30. The van der Waals surface area contributed by atoms with Crippen LogP contribution in [0.3, 0.4) is 0 Å². The molecular weight excluding hydrogens is 344 g/mol. The average Bonchev–Trinajstić information content (AvgIpc) is 3.27. The molecule has 9 nitrogen and oxygen atoms in total. The second-order valence-corrected chi connectivity index (χ2v) is 7.55. The zero-order valence-electron chi connectivity index (χ0n) is 16.9. The Morgan fingerprint density at radius 3 is 2.67 bits per heavy atom. The zero-order chi connectivity index (χ0) is 19.4. The molecule has 148 valence electrons. The molecule has 27 heavy (non-hydrogen) atoms. The van der Waals surface area contributed by atoms with E-state index in [-0.39, 0.29) is 12.0 Å². The molecule has 2 N–H and O–H groups in total. The van der Waals surface area contributed by atoms with Crippen LogP contribution >= 0.6 is 0 Å². The smallest absolute Gasteiger partial charge is 0.228 e. The van der Waals surface area contributed by atoms with Gasteiger partial charge in [-0.2, -0.15) is 10.1 Å². The summed E-state index contributed by atoms with van der Waals surface area (Å²) in [5.41, 5.74) is 0. The Hall–Kier alpha value is -2.45. The fraction of sp³-hybridized carbons (Fsp3) is 0.722. The topological polar surface area (TPSA) is 106 Å². The van der Waals surface area contributed by atoms with Crippen molar-refractivity contribution >= 4 is 5.96 Å². The Morgan fingerprint density at radius 1 is 1.22 bits per heavy atom. The summed E-state index contributed by atoms with van der Waals surface area (Å²) in [6.07, 6.45) is 2.60. The van der Waals surface area contributed by atoms with E-state index in [1.807, 2.05) is 18.5 Å². The quantitative estimate of drug-likeness (QED) is 0.585. The van der Waals surface area contributed by atoms with Crippen LogP contribution in [-0.4, -0.2) is 50.5 Å². The minimum Gasteiger partial charge on any atom is -0.356 e. The molecule has 0 saturated heterocycles. The minimum absolute atomic E-state index is 0.272. The van der Waals surface area contributed by atoms with Gasteiger partial charge >= 0.3 is 0 Å². The predicted molar refractivity (Wildman–Crippen MR) is 103 cm³/mol. The fourth-order valence-electron chi connectivity index (χ4n) is 2.97. The summed E-state index contributed by atoms with van der Waals surface area (Å²) in [5.74, 6) is 4.80. The maximum Gasteiger partial charge on any atom is 0.228 e. The van der Waals surface area contributed by atoms with E-state index in [9.17, 15) is 0 Å². The van der Waals surface area contributed by atoms with Crippen molar-refractivity contribution in [2.45, 2.75) is 71.4 Å². The van der Waals surface area contributed by atoms with Gasteiger partial charge in [0.1, 0.15) is 5.82 Å². The average molecular weight is 374 g/mol. The summed E-state index contributed by atoms with van der Waals surface area (Å²) in [7, 11) is 1.78. The highest BCUT2D eigenvalue weighted by molar-refractivity contribution is 5.79. The molecule has 0 amide bonds. The van der Waals surface area contributed by atoms with E-state index in [0.717, 1.165) is 42.8 Å². The van der Waals surface area contributed by atoms with Crippen LogP contribution in [0.25, 0.3) is 0 Å². The molecule has 1 unspecified atom stereocenters. The number of aromatic nitrogens is 5. The lowest BCUT2D eigenvalue weighted by Gasteiger charge is -2.25. The van der Waals surface area contributed by atoms with Crippen LogP contribution in [0.5, 0.6) is 0 Å². The van der Waals surface area contributed by atoms with Gasteiger partial charge < -0.3 is 15.2 Å². The van der Waals surface area contributed by atoms with Gasteiger partial charge in [-0.25, -0.2) is 9.67 Å². The SMILES string of the molecule is CN=C(NCCc1nc(C(C)C)no1)NC1CCc2nc(C(C)C)nn2C1. The Kier molecular flexibility index (Phi) is 6.08. The summed E-state index contributed by atoms with van der Waals surface area (Å²) in [6, 6.07) is 0.279. The van der Waals surface area contributed by atoms with E-state index in [1.165, 1.54) is 0 Å². The van der Waals surface area contributed by atoms with Gasteiger partial charge in [-0.3, -0.25) is 4.99 Å². The van der Waals surface area contributed by atoms with E-state index >= 15 is 0 Å². The molecule has 2 aromatic heterocycles. The summed E-state index contributed by atoms with van der Waals surface area (Å²) in [5, 5.41) is 15.4. The lowest BCUT2D eigenvalue weighted by molar-refractivity contribution is 0.370. The third-order valence-electron chi connectivity index (χ3n) is 4.59. The van der Waals surface area contributed by atoms with E-state index < -0.39 is 0 Å². The van der Waals surface area contributed by atoms with Crippen molar-refractivity contribution in [1.82, 2.24) is 35.5 Å². The lowest BCUT2D eigenvalue weighted by atomic mass is 10.1. The van der Waals surface area contributed by atoms with Crippen LogP contribution in [0.1, 0.15) is 69.3 Å². The molecule has 2 aromatic rings. The molecular formula is C18H30N8O. The van der Waals surface area contributed by atoms with E-state index in [2.05, 4.69) is 49.7 Å². The first-order valence-electron chi connectivity index (χ1n) is 9.69. The first kappa shape index (κ1) is 19.3. The normalized spacial score (nSPS) is 17.4. The fourth-order valence-corrected chi connectivity index (χ4v) is 2.97. The van der Waals surface area contributed by atoms with Crippen molar-refractivity contribution < 1.29 is 4.52 Å². The van der Waals surface area contributed by atoms with Crippen molar-refractivity contribution in [3.8, 4) is 0 Å². The van der Waals surface area contributed by atoms with Gasteiger partial charge in [0.05, 0.1) is 6.54 Å². The second kappa shape index (κ2) is 8.49. The Bertz CT molecular complexity index is 776. The van der Waals surface area contributed by atoms with E-state index in [4.69, 9.17) is 4.52 Å². The second-order valence-electron chi connectivity index (χ2n) is 7.55. The van der Waals surface area contributed by atoms with Crippen molar-refractivity contribution in [3.63, 3.8) is 0 Å². The summed E-state index contributed by atoms with van der Waals surface area (Å²) in [4.78, 5) is 13.3. The number of aliphatic imine (C=N–C) groups is 1. The van der Waals surface area contributed by atoms with Crippen LogP contribution in [0.15, 0.2) is 9.52 Å². The molecule has 0 fully saturated rings. The Labute approximate surface area is 160 Å². The van der Waals surface area contributed by atoms with Gasteiger partial charge in [0, 0.05) is 44.3 Å². The van der Waals surface area contributed by atoms with Gasteiger partial charge in [0.15, 0.2) is 17.6 Å².